The SMILES string of the molecule is Cc1nn(Cc2ccc(F)cc2)c(Cl)c1C(=O)NCc1cccc(NC(=O)C(C)C)c1. The number of hydrogen-bond acceptors (Lipinski definition) is 3. The second-order valence-electron chi connectivity index (χ2n) is 7.56. The normalized spacial score (nSPS) is 10.9. The molecule has 0 atom stereocenters. The standard InChI is InChI=1S/C23H24ClFN4O2/c1-14(2)22(30)27-19-6-4-5-17(11-19)12-26-23(31)20-15(3)28-29(21(20)24)13-16-7-9-18(25)10-8-16/h4-11,14H,12-13H2,1-3H3,(H,26,31)(H,27,30). The van der Waals surface area contributed by atoms with E-state index >= 15 is 0 Å². The molecular formula is C23H24ClFN4O2. The molecule has 2 N–H and O–H groups in total. The number of rotatable bonds is 7. The largest absolute Gasteiger partial charge is 0.348 e. The summed E-state index contributed by atoms with van der Waals surface area (Å²) in [5.74, 6) is -0.860. The molecular weight excluding hydrogens is 419 g/mol. The van der Waals surface area contributed by atoms with Gasteiger partial charge in [0.1, 0.15) is 11.0 Å². The van der Waals surface area contributed by atoms with Gasteiger partial charge in [-0.2, -0.15) is 5.10 Å². The highest BCUT2D eigenvalue weighted by molar-refractivity contribution is 6.33. The minimum Gasteiger partial charge on any atom is -0.348 e. The monoisotopic (exact) mass is 442 g/mol. The van der Waals surface area contributed by atoms with Crippen LogP contribution in [0.5, 0.6) is 0 Å². The molecule has 6 nitrogen and oxygen atoms in total. The van der Waals surface area contributed by atoms with Gasteiger partial charge in [0.15, 0.2) is 0 Å². The molecule has 3 rings (SSSR count). The fraction of sp³-hybridized carbons (Fsp3) is 0.261. The second-order valence-corrected chi connectivity index (χ2v) is 7.92. The van der Waals surface area contributed by atoms with Gasteiger partial charge in [-0.05, 0) is 42.3 Å². The van der Waals surface area contributed by atoms with Gasteiger partial charge in [0.25, 0.3) is 5.91 Å². The minimum atomic E-state index is -0.343. The van der Waals surface area contributed by atoms with Crippen LogP contribution >= 0.6 is 11.6 Å². The van der Waals surface area contributed by atoms with Crippen LogP contribution in [-0.2, 0) is 17.9 Å². The lowest BCUT2D eigenvalue weighted by atomic mass is 10.1. The Balaban J connectivity index is 1.68. The van der Waals surface area contributed by atoms with Crippen molar-refractivity contribution in [3.05, 3.63) is 81.9 Å². The van der Waals surface area contributed by atoms with E-state index in [1.165, 1.54) is 16.8 Å². The van der Waals surface area contributed by atoms with Crippen LogP contribution in [0.15, 0.2) is 48.5 Å². The van der Waals surface area contributed by atoms with Crippen molar-refractivity contribution in [2.24, 2.45) is 5.92 Å². The third kappa shape index (κ3) is 5.70. The number of aryl methyl sites for hydroxylation is 1. The Morgan fingerprint density at radius 1 is 1.13 bits per heavy atom. The lowest BCUT2D eigenvalue weighted by Crippen LogP contribution is -2.24. The van der Waals surface area contributed by atoms with Crippen molar-refractivity contribution < 1.29 is 14.0 Å². The number of amides is 2. The number of aromatic nitrogens is 2. The highest BCUT2D eigenvalue weighted by Gasteiger charge is 2.20. The van der Waals surface area contributed by atoms with E-state index in [0.29, 0.717) is 23.5 Å². The molecule has 1 aromatic heterocycles. The highest BCUT2D eigenvalue weighted by atomic mass is 35.5. The summed E-state index contributed by atoms with van der Waals surface area (Å²) in [6.07, 6.45) is 0. The quantitative estimate of drug-likeness (QED) is 0.563. The molecule has 0 spiro atoms. The number of carbonyl (C=O) groups excluding carboxylic acids is 2. The molecule has 0 saturated carbocycles. The first kappa shape index (κ1) is 22.5. The summed E-state index contributed by atoms with van der Waals surface area (Å²) in [4.78, 5) is 24.6. The Hall–Kier alpha value is -3.19. The van der Waals surface area contributed by atoms with E-state index < -0.39 is 0 Å². The molecule has 1 heterocycles. The molecule has 0 unspecified atom stereocenters. The van der Waals surface area contributed by atoms with Crippen molar-refractivity contribution in [2.75, 3.05) is 5.32 Å². The van der Waals surface area contributed by atoms with Crippen LogP contribution in [-0.4, -0.2) is 21.6 Å². The molecule has 162 valence electrons. The molecule has 0 aliphatic heterocycles. The molecule has 2 aromatic carbocycles. The van der Waals surface area contributed by atoms with Gasteiger partial charge in [0.2, 0.25) is 5.91 Å². The number of anilines is 1. The maximum atomic E-state index is 13.1. The number of benzene rings is 2. The number of nitrogens with one attached hydrogen (secondary N) is 2. The summed E-state index contributed by atoms with van der Waals surface area (Å²) in [5.41, 5.74) is 3.13. The van der Waals surface area contributed by atoms with Crippen LogP contribution in [0.2, 0.25) is 5.15 Å². The lowest BCUT2D eigenvalue weighted by molar-refractivity contribution is -0.118. The maximum absolute atomic E-state index is 13.1. The molecule has 31 heavy (non-hydrogen) atoms. The zero-order chi connectivity index (χ0) is 22.5. The molecule has 0 bridgehead atoms. The molecule has 0 radical (unpaired) electrons. The predicted molar refractivity (Wildman–Crippen MR) is 119 cm³/mol. The Kier molecular flexibility index (Phi) is 7.07. The van der Waals surface area contributed by atoms with Crippen LogP contribution in [0.4, 0.5) is 10.1 Å². The third-order valence-corrected chi connectivity index (χ3v) is 5.09. The second kappa shape index (κ2) is 9.75. The average Bonchev–Trinajstić information content (AvgIpc) is 3.01. The molecule has 0 saturated heterocycles. The van der Waals surface area contributed by atoms with Crippen molar-refractivity contribution in [2.45, 2.75) is 33.9 Å². The molecule has 3 aromatic rings. The van der Waals surface area contributed by atoms with E-state index in [4.69, 9.17) is 11.6 Å². The highest BCUT2D eigenvalue weighted by Crippen LogP contribution is 2.21. The molecule has 0 aliphatic carbocycles. The number of halogens is 2. The van der Waals surface area contributed by atoms with E-state index in [1.54, 1.807) is 25.1 Å². The van der Waals surface area contributed by atoms with Crippen LogP contribution in [0.25, 0.3) is 0 Å². The van der Waals surface area contributed by atoms with Gasteiger partial charge >= 0.3 is 0 Å². The summed E-state index contributed by atoms with van der Waals surface area (Å²) >= 11 is 6.42. The van der Waals surface area contributed by atoms with Crippen molar-refractivity contribution >= 4 is 29.1 Å². The van der Waals surface area contributed by atoms with E-state index in [2.05, 4.69) is 15.7 Å². The average molecular weight is 443 g/mol. The van der Waals surface area contributed by atoms with E-state index in [0.717, 1.165) is 11.1 Å². The number of nitrogens with zero attached hydrogens (tertiary/aromatic N) is 2. The van der Waals surface area contributed by atoms with Crippen molar-refractivity contribution in [3.8, 4) is 0 Å². The predicted octanol–water partition coefficient (Wildman–Crippen LogP) is 4.56. The van der Waals surface area contributed by atoms with Gasteiger partial charge in [0.05, 0.1) is 17.8 Å². The van der Waals surface area contributed by atoms with Crippen LogP contribution in [0.3, 0.4) is 0 Å². The summed E-state index contributed by atoms with van der Waals surface area (Å²) in [6, 6.07) is 13.3. The molecule has 2 amide bonds. The topological polar surface area (TPSA) is 76.0 Å². The number of hydrogen-bond donors (Lipinski definition) is 2. The van der Waals surface area contributed by atoms with Gasteiger partial charge in [-0.3, -0.25) is 9.59 Å². The Morgan fingerprint density at radius 2 is 1.84 bits per heavy atom. The first-order valence-electron chi connectivity index (χ1n) is 9.90. The Bertz CT molecular complexity index is 1090. The Labute approximate surface area is 185 Å². The minimum absolute atomic E-state index is 0.0721. The lowest BCUT2D eigenvalue weighted by Gasteiger charge is -2.10. The van der Waals surface area contributed by atoms with Crippen LogP contribution in [0, 0.1) is 18.7 Å². The summed E-state index contributed by atoms with van der Waals surface area (Å²) in [5, 5.41) is 10.3. The van der Waals surface area contributed by atoms with Crippen LogP contribution < -0.4 is 10.6 Å². The van der Waals surface area contributed by atoms with E-state index in [9.17, 15) is 14.0 Å². The zero-order valence-electron chi connectivity index (χ0n) is 17.6. The summed E-state index contributed by atoms with van der Waals surface area (Å²) in [7, 11) is 0. The molecule has 0 fully saturated rings. The first-order valence-corrected chi connectivity index (χ1v) is 10.3. The zero-order valence-corrected chi connectivity index (χ0v) is 18.3. The van der Waals surface area contributed by atoms with E-state index in [1.807, 2.05) is 32.0 Å². The maximum Gasteiger partial charge on any atom is 0.256 e. The van der Waals surface area contributed by atoms with Crippen molar-refractivity contribution in [1.29, 1.82) is 0 Å². The Morgan fingerprint density at radius 3 is 2.52 bits per heavy atom. The van der Waals surface area contributed by atoms with Crippen molar-refractivity contribution in [3.63, 3.8) is 0 Å². The van der Waals surface area contributed by atoms with Gasteiger partial charge in [-0.25, -0.2) is 9.07 Å². The van der Waals surface area contributed by atoms with Crippen LogP contribution in [0.1, 0.15) is 41.0 Å². The summed E-state index contributed by atoms with van der Waals surface area (Å²) < 4.78 is 14.6. The van der Waals surface area contributed by atoms with Gasteiger partial charge < -0.3 is 10.6 Å². The molecule has 0 aliphatic rings. The smallest absolute Gasteiger partial charge is 0.256 e. The fourth-order valence-electron chi connectivity index (χ4n) is 3.00. The van der Waals surface area contributed by atoms with Gasteiger partial charge in [-0.1, -0.05) is 49.7 Å². The van der Waals surface area contributed by atoms with Gasteiger partial charge in [-0.15, -0.1) is 0 Å². The third-order valence-electron chi connectivity index (χ3n) is 4.71. The molecule has 8 heteroatoms. The number of carbonyl (C=O) groups is 2. The fourth-order valence-corrected chi connectivity index (χ4v) is 3.32. The first-order chi connectivity index (χ1) is 14.7. The van der Waals surface area contributed by atoms with E-state index in [-0.39, 0.29) is 35.2 Å². The van der Waals surface area contributed by atoms with Crippen molar-refractivity contribution in [1.82, 2.24) is 15.1 Å². The van der Waals surface area contributed by atoms with Gasteiger partial charge in [0, 0.05) is 18.2 Å². The summed E-state index contributed by atoms with van der Waals surface area (Å²) in [6.45, 7) is 5.95.